The Morgan fingerprint density at radius 2 is 2.33 bits per heavy atom. The topological polar surface area (TPSA) is 42.6 Å². The van der Waals surface area contributed by atoms with E-state index in [0.29, 0.717) is 13.2 Å². The average molecular weight is 170 g/mol. The number of ether oxygens (including phenoxy) is 1. The SMILES string of the molecule is OCCCCOCc1ccco1. The number of furan rings is 1. The van der Waals surface area contributed by atoms with Gasteiger partial charge in [0.05, 0.1) is 6.26 Å². The molecule has 0 bridgehead atoms. The number of rotatable bonds is 6. The fourth-order valence-electron chi connectivity index (χ4n) is 0.883. The Labute approximate surface area is 72.0 Å². The van der Waals surface area contributed by atoms with Crippen molar-refractivity contribution in [3.8, 4) is 0 Å². The smallest absolute Gasteiger partial charge is 0.129 e. The van der Waals surface area contributed by atoms with Gasteiger partial charge in [-0.2, -0.15) is 0 Å². The van der Waals surface area contributed by atoms with E-state index in [4.69, 9.17) is 14.3 Å². The van der Waals surface area contributed by atoms with Gasteiger partial charge in [0, 0.05) is 13.2 Å². The van der Waals surface area contributed by atoms with Crippen LogP contribution in [0.4, 0.5) is 0 Å². The highest BCUT2D eigenvalue weighted by Gasteiger charge is 1.94. The van der Waals surface area contributed by atoms with Crippen LogP contribution in [0.25, 0.3) is 0 Å². The maximum Gasteiger partial charge on any atom is 0.129 e. The van der Waals surface area contributed by atoms with Crippen LogP contribution in [0.15, 0.2) is 22.8 Å². The van der Waals surface area contributed by atoms with Crippen LogP contribution >= 0.6 is 0 Å². The number of aliphatic hydroxyl groups is 1. The Bertz CT molecular complexity index is 182. The Hall–Kier alpha value is -0.800. The van der Waals surface area contributed by atoms with Gasteiger partial charge in [-0.15, -0.1) is 0 Å². The minimum absolute atomic E-state index is 0.240. The second-order valence-electron chi connectivity index (χ2n) is 2.56. The molecule has 0 spiro atoms. The standard InChI is InChI=1S/C9H14O3/c10-5-1-2-6-11-8-9-4-3-7-12-9/h3-4,7,10H,1-2,5-6,8H2. The average Bonchev–Trinajstić information content (AvgIpc) is 2.57. The number of unbranched alkanes of at least 4 members (excludes halogenated alkanes) is 1. The Morgan fingerprint density at radius 3 is 3.00 bits per heavy atom. The number of hydrogen-bond donors (Lipinski definition) is 1. The number of aliphatic hydroxyl groups excluding tert-OH is 1. The Balaban J connectivity index is 1.96. The van der Waals surface area contributed by atoms with E-state index in [1.807, 2.05) is 12.1 Å². The van der Waals surface area contributed by atoms with Crippen molar-refractivity contribution in [2.75, 3.05) is 13.2 Å². The van der Waals surface area contributed by atoms with E-state index in [2.05, 4.69) is 0 Å². The van der Waals surface area contributed by atoms with Crippen molar-refractivity contribution in [3.63, 3.8) is 0 Å². The van der Waals surface area contributed by atoms with E-state index >= 15 is 0 Å². The van der Waals surface area contributed by atoms with Gasteiger partial charge >= 0.3 is 0 Å². The van der Waals surface area contributed by atoms with Crippen LogP contribution in [0.3, 0.4) is 0 Å². The lowest BCUT2D eigenvalue weighted by Gasteiger charge is -1.99. The molecule has 12 heavy (non-hydrogen) atoms. The molecule has 0 fully saturated rings. The molecule has 0 atom stereocenters. The van der Waals surface area contributed by atoms with Crippen LogP contribution < -0.4 is 0 Å². The summed E-state index contributed by atoms with van der Waals surface area (Å²) in [5, 5.41) is 8.48. The first kappa shape index (κ1) is 9.29. The summed E-state index contributed by atoms with van der Waals surface area (Å²) in [6.07, 6.45) is 3.34. The van der Waals surface area contributed by atoms with Crippen molar-refractivity contribution >= 4 is 0 Å². The van der Waals surface area contributed by atoms with Gasteiger partial charge in [0.25, 0.3) is 0 Å². The van der Waals surface area contributed by atoms with Crippen molar-refractivity contribution < 1.29 is 14.3 Å². The molecule has 0 saturated heterocycles. The second kappa shape index (κ2) is 5.80. The first-order chi connectivity index (χ1) is 5.93. The van der Waals surface area contributed by atoms with Gasteiger partial charge in [-0.05, 0) is 25.0 Å². The lowest BCUT2D eigenvalue weighted by Crippen LogP contribution is -1.95. The highest BCUT2D eigenvalue weighted by atomic mass is 16.5. The normalized spacial score (nSPS) is 10.4. The minimum atomic E-state index is 0.240. The second-order valence-corrected chi connectivity index (χ2v) is 2.56. The third kappa shape index (κ3) is 3.55. The van der Waals surface area contributed by atoms with Crippen molar-refractivity contribution in [1.29, 1.82) is 0 Å². The van der Waals surface area contributed by atoms with Gasteiger partial charge in [0.1, 0.15) is 12.4 Å². The fraction of sp³-hybridized carbons (Fsp3) is 0.556. The summed E-state index contributed by atoms with van der Waals surface area (Å²) in [6.45, 7) is 1.45. The van der Waals surface area contributed by atoms with Crippen molar-refractivity contribution in [2.24, 2.45) is 0 Å². The largest absolute Gasteiger partial charge is 0.467 e. The van der Waals surface area contributed by atoms with Gasteiger partial charge in [0.2, 0.25) is 0 Å². The monoisotopic (exact) mass is 170 g/mol. The maximum atomic E-state index is 8.48. The maximum absolute atomic E-state index is 8.48. The van der Waals surface area contributed by atoms with E-state index < -0.39 is 0 Å². The van der Waals surface area contributed by atoms with Crippen LogP contribution in [0, 0.1) is 0 Å². The van der Waals surface area contributed by atoms with Gasteiger partial charge in [-0.25, -0.2) is 0 Å². The van der Waals surface area contributed by atoms with Crippen LogP contribution in [-0.2, 0) is 11.3 Å². The summed E-state index contributed by atoms with van der Waals surface area (Å²) in [5.41, 5.74) is 0. The zero-order valence-corrected chi connectivity index (χ0v) is 7.03. The van der Waals surface area contributed by atoms with E-state index in [1.54, 1.807) is 6.26 Å². The van der Waals surface area contributed by atoms with Crippen LogP contribution in [0.2, 0.25) is 0 Å². The quantitative estimate of drug-likeness (QED) is 0.659. The van der Waals surface area contributed by atoms with Crippen molar-refractivity contribution in [2.45, 2.75) is 19.4 Å². The molecular weight excluding hydrogens is 156 g/mol. The molecule has 0 amide bonds. The molecule has 1 aromatic heterocycles. The summed E-state index contributed by atoms with van der Waals surface area (Å²) in [6, 6.07) is 3.72. The lowest BCUT2D eigenvalue weighted by atomic mass is 10.3. The molecule has 3 nitrogen and oxygen atoms in total. The molecular formula is C9H14O3. The zero-order valence-electron chi connectivity index (χ0n) is 7.03. The highest BCUT2D eigenvalue weighted by molar-refractivity contribution is 4.95. The molecule has 0 aliphatic heterocycles. The third-order valence-electron chi connectivity index (χ3n) is 1.52. The molecule has 0 aromatic carbocycles. The van der Waals surface area contributed by atoms with E-state index in [-0.39, 0.29) is 6.61 Å². The molecule has 0 saturated carbocycles. The summed E-state index contributed by atoms with van der Waals surface area (Å²) in [4.78, 5) is 0. The van der Waals surface area contributed by atoms with Crippen LogP contribution in [0.1, 0.15) is 18.6 Å². The number of hydrogen-bond acceptors (Lipinski definition) is 3. The Morgan fingerprint density at radius 1 is 1.42 bits per heavy atom. The molecule has 1 heterocycles. The first-order valence-electron chi connectivity index (χ1n) is 4.14. The predicted molar refractivity (Wildman–Crippen MR) is 44.7 cm³/mol. The van der Waals surface area contributed by atoms with Gasteiger partial charge in [-0.3, -0.25) is 0 Å². The molecule has 0 aliphatic rings. The van der Waals surface area contributed by atoms with Gasteiger partial charge in [-0.1, -0.05) is 0 Å². The van der Waals surface area contributed by atoms with E-state index in [0.717, 1.165) is 18.6 Å². The van der Waals surface area contributed by atoms with Crippen LogP contribution in [-0.4, -0.2) is 18.3 Å². The lowest BCUT2D eigenvalue weighted by molar-refractivity contribution is 0.0990. The van der Waals surface area contributed by atoms with E-state index in [9.17, 15) is 0 Å². The Kier molecular flexibility index (Phi) is 4.49. The van der Waals surface area contributed by atoms with Crippen molar-refractivity contribution in [1.82, 2.24) is 0 Å². The molecule has 68 valence electrons. The molecule has 0 unspecified atom stereocenters. The molecule has 3 heteroatoms. The summed E-state index contributed by atoms with van der Waals surface area (Å²) in [5.74, 6) is 0.846. The predicted octanol–water partition coefficient (Wildman–Crippen LogP) is 1.57. The fourth-order valence-corrected chi connectivity index (χ4v) is 0.883. The summed E-state index contributed by atoms with van der Waals surface area (Å²) >= 11 is 0. The molecule has 0 aliphatic carbocycles. The highest BCUT2D eigenvalue weighted by Crippen LogP contribution is 2.02. The molecule has 1 N–H and O–H groups in total. The summed E-state index contributed by atoms with van der Waals surface area (Å²) in [7, 11) is 0. The van der Waals surface area contributed by atoms with E-state index in [1.165, 1.54) is 0 Å². The van der Waals surface area contributed by atoms with Gasteiger partial charge in [0.15, 0.2) is 0 Å². The molecule has 1 aromatic rings. The zero-order chi connectivity index (χ0) is 8.65. The van der Waals surface area contributed by atoms with Crippen LogP contribution in [0.5, 0.6) is 0 Å². The summed E-state index contributed by atoms with van der Waals surface area (Å²) < 4.78 is 10.3. The molecule has 0 radical (unpaired) electrons. The first-order valence-corrected chi connectivity index (χ1v) is 4.14. The van der Waals surface area contributed by atoms with Crippen molar-refractivity contribution in [3.05, 3.63) is 24.2 Å². The third-order valence-corrected chi connectivity index (χ3v) is 1.52. The minimum Gasteiger partial charge on any atom is -0.467 e. The van der Waals surface area contributed by atoms with Gasteiger partial charge < -0.3 is 14.3 Å². The molecule has 1 rings (SSSR count).